The largest absolute Gasteiger partial charge is 0.348 e. The third-order valence-electron chi connectivity index (χ3n) is 3.52. The lowest BCUT2D eigenvalue weighted by Crippen LogP contribution is -2.39. The molecule has 0 saturated heterocycles. The van der Waals surface area contributed by atoms with Gasteiger partial charge in [-0.05, 0) is 30.7 Å². The van der Waals surface area contributed by atoms with Crippen LogP contribution in [-0.2, 0) is 4.79 Å². The summed E-state index contributed by atoms with van der Waals surface area (Å²) in [6.07, 6.45) is 3.92. The molecule has 1 amide bonds. The summed E-state index contributed by atoms with van der Waals surface area (Å²) in [5.74, 6) is 0.152. The number of carbonyl (C=O) groups excluding carboxylic acids is 1. The highest BCUT2D eigenvalue weighted by Gasteiger charge is 2.31. The maximum Gasteiger partial charge on any atom is 0.225 e. The van der Waals surface area contributed by atoms with Crippen LogP contribution < -0.4 is 11.1 Å². The van der Waals surface area contributed by atoms with E-state index in [-0.39, 0.29) is 23.9 Å². The Balaban J connectivity index is 1.97. The van der Waals surface area contributed by atoms with Gasteiger partial charge in [0, 0.05) is 10.9 Å². The van der Waals surface area contributed by atoms with Crippen LogP contribution in [0.25, 0.3) is 0 Å². The van der Waals surface area contributed by atoms with Crippen molar-refractivity contribution in [2.45, 2.75) is 44.7 Å². The minimum atomic E-state index is 0.0176. The average molecular weight is 252 g/mol. The number of carbonyl (C=O) groups is 1. The first-order valence-corrected chi connectivity index (χ1v) is 7.19. The quantitative estimate of drug-likeness (QED) is 0.864. The van der Waals surface area contributed by atoms with E-state index in [0.717, 1.165) is 25.7 Å². The predicted molar refractivity (Wildman–Crippen MR) is 70.8 cm³/mol. The number of nitrogens with one attached hydrogen (secondary N) is 1. The molecule has 1 heterocycles. The van der Waals surface area contributed by atoms with Gasteiger partial charge in [0.05, 0.1) is 12.0 Å². The fraction of sp³-hybridized carbons (Fsp3) is 0.615. The molecule has 0 aliphatic heterocycles. The number of amides is 1. The van der Waals surface area contributed by atoms with Gasteiger partial charge in [0.15, 0.2) is 0 Å². The molecule has 0 aromatic carbocycles. The van der Waals surface area contributed by atoms with E-state index in [4.69, 9.17) is 5.73 Å². The van der Waals surface area contributed by atoms with Gasteiger partial charge in [-0.15, -0.1) is 11.3 Å². The number of hydrogen-bond acceptors (Lipinski definition) is 3. The van der Waals surface area contributed by atoms with Gasteiger partial charge in [-0.3, -0.25) is 4.79 Å². The summed E-state index contributed by atoms with van der Waals surface area (Å²) in [6, 6.07) is 4.30. The van der Waals surface area contributed by atoms with E-state index in [2.05, 4.69) is 18.3 Å². The van der Waals surface area contributed by atoms with E-state index in [1.807, 2.05) is 11.4 Å². The van der Waals surface area contributed by atoms with Crippen molar-refractivity contribution in [3.8, 4) is 0 Å². The lowest BCUT2D eigenvalue weighted by Gasteiger charge is -2.20. The molecule has 3 nitrogen and oxygen atoms in total. The Morgan fingerprint density at radius 2 is 2.47 bits per heavy atom. The molecule has 0 bridgehead atoms. The van der Waals surface area contributed by atoms with E-state index in [1.54, 1.807) is 11.3 Å². The second-order valence-electron chi connectivity index (χ2n) is 4.69. The summed E-state index contributed by atoms with van der Waals surface area (Å²) in [5, 5.41) is 5.18. The fourth-order valence-electron chi connectivity index (χ4n) is 2.46. The minimum absolute atomic E-state index is 0.0176. The zero-order valence-corrected chi connectivity index (χ0v) is 11.0. The molecule has 1 saturated carbocycles. The third-order valence-corrected chi connectivity index (χ3v) is 4.50. The molecule has 94 valence electrons. The second kappa shape index (κ2) is 5.65. The van der Waals surface area contributed by atoms with Crippen LogP contribution in [0.1, 0.15) is 43.5 Å². The smallest absolute Gasteiger partial charge is 0.225 e. The third kappa shape index (κ3) is 2.87. The Bertz CT molecular complexity index is 364. The normalized spacial score (nSPS) is 25.8. The first kappa shape index (κ1) is 12.6. The molecule has 1 aliphatic rings. The molecule has 1 aliphatic carbocycles. The molecular formula is C13H20N2OS. The summed E-state index contributed by atoms with van der Waals surface area (Å²) in [7, 11) is 0. The minimum Gasteiger partial charge on any atom is -0.348 e. The molecule has 2 rings (SSSR count). The molecule has 3 atom stereocenters. The Morgan fingerprint density at radius 3 is 3.00 bits per heavy atom. The summed E-state index contributed by atoms with van der Waals surface area (Å²) >= 11 is 1.69. The second-order valence-corrected chi connectivity index (χ2v) is 5.67. The Morgan fingerprint density at radius 1 is 1.65 bits per heavy atom. The Kier molecular flexibility index (Phi) is 4.18. The van der Waals surface area contributed by atoms with Gasteiger partial charge in [0.2, 0.25) is 5.91 Å². The van der Waals surface area contributed by atoms with Crippen LogP contribution in [0, 0.1) is 5.92 Å². The molecule has 17 heavy (non-hydrogen) atoms. The monoisotopic (exact) mass is 252 g/mol. The number of rotatable bonds is 4. The topological polar surface area (TPSA) is 55.1 Å². The van der Waals surface area contributed by atoms with Crippen molar-refractivity contribution in [3.63, 3.8) is 0 Å². The highest BCUT2D eigenvalue weighted by molar-refractivity contribution is 7.10. The van der Waals surface area contributed by atoms with Crippen molar-refractivity contribution < 1.29 is 4.79 Å². The SMILES string of the molecule is CCC(NC(=O)C1CCCC1N)c1cccs1. The van der Waals surface area contributed by atoms with Gasteiger partial charge in [0.1, 0.15) is 0 Å². The van der Waals surface area contributed by atoms with Gasteiger partial charge in [-0.25, -0.2) is 0 Å². The van der Waals surface area contributed by atoms with Crippen LogP contribution in [-0.4, -0.2) is 11.9 Å². The zero-order chi connectivity index (χ0) is 12.3. The number of hydrogen-bond donors (Lipinski definition) is 2. The van der Waals surface area contributed by atoms with Crippen LogP contribution in [0.4, 0.5) is 0 Å². The fourth-order valence-corrected chi connectivity index (χ4v) is 3.32. The highest BCUT2D eigenvalue weighted by Crippen LogP contribution is 2.27. The van der Waals surface area contributed by atoms with Gasteiger partial charge in [0.25, 0.3) is 0 Å². The molecule has 1 aromatic heterocycles. The highest BCUT2D eigenvalue weighted by atomic mass is 32.1. The van der Waals surface area contributed by atoms with Gasteiger partial charge in [-0.1, -0.05) is 19.4 Å². The van der Waals surface area contributed by atoms with Crippen molar-refractivity contribution in [2.75, 3.05) is 0 Å². The molecule has 1 aromatic rings. The number of thiophene rings is 1. The van der Waals surface area contributed by atoms with Crippen LogP contribution >= 0.6 is 11.3 Å². The Labute approximate surface area is 106 Å². The maximum atomic E-state index is 12.1. The molecule has 1 fully saturated rings. The van der Waals surface area contributed by atoms with Crippen molar-refractivity contribution in [3.05, 3.63) is 22.4 Å². The van der Waals surface area contributed by atoms with E-state index in [0.29, 0.717) is 0 Å². The first-order chi connectivity index (χ1) is 8.22. The van der Waals surface area contributed by atoms with Crippen LogP contribution in [0.3, 0.4) is 0 Å². The lowest BCUT2D eigenvalue weighted by atomic mass is 10.0. The standard InChI is InChI=1S/C13H20N2OS/c1-2-11(12-7-4-8-17-12)15-13(16)9-5-3-6-10(9)14/h4,7-11H,2-3,5-6,14H2,1H3,(H,15,16). The molecule has 0 spiro atoms. The maximum absolute atomic E-state index is 12.1. The molecule has 3 N–H and O–H groups in total. The van der Waals surface area contributed by atoms with E-state index < -0.39 is 0 Å². The first-order valence-electron chi connectivity index (χ1n) is 6.31. The molecule has 3 unspecified atom stereocenters. The van der Waals surface area contributed by atoms with Gasteiger partial charge >= 0.3 is 0 Å². The lowest BCUT2D eigenvalue weighted by molar-refractivity contribution is -0.125. The van der Waals surface area contributed by atoms with Crippen molar-refractivity contribution in [1.29, 1.82) is 0 Å². The van der Waals surface area contributed by atoms with Crippen LogP contribution in [0.2, 0.25) is 0 Å². The summed E-state index contributed by atoms with van der Waals surface area (Å²) in [5.41, 5.74) is 5.96. The Hall–Kier alpha value is -0.870. The summed E-state index contributed by atoms with van der Waals surface area (Å²) in [6.45, 7) is 2.10. The van der Waals surface area contributed by atoms with E-state index in [1.165, 1.54) is 4.88 Å². The van der Waals surface area contributed by atoms with Gasteiger partial charge in [-0.2, -0.15) is 0 Å². The van der Waals surface area contributed by atoms with Crippen LogP contribution in [0.5, 0.6) is 0 Å². The summed E-state index contributed by atoms with van der Waals surface area (Å²) in [4.78, 5) is 13.4. The van der Waals surface area contributed by atoms with E-state index in [9.17, 15) is 4.79 Å². The van der Waals surface area contributed by atoms with E-state index >= 15 is 0 Å². The van der Waals surface area contributed by atoms with Crippen molar-refractivity contribution >= 4 is 17.2 Å². The predicted octanol–water partition coefficient (Wildman–Crippen LogP) is 2.44. The zero-order valence-electron chi connectivity index (χ0n) is 10.2. The van der Waals surface area contributed by atoms with Crippen molar-refractivity contribution in [1.82, 2.24) is 5.32 Å². The molecular weight excluding hydrogens is 232 g/mol. The average Bonchev–Trinajstić information content (AvgIpc) is 2.96. The molecule has 4 heteroatoms. The summed E-state index contributed by atoms with van der Waals surface area (Å²) < 4.78 is 0. The van der Waals surface area contributed by atoms with Crippen LogP contribution in [0.15, 0.2) is 17.5 Å². The molecule has 0 radical (unpaired) electrons. The van der Waals surface area contributed by atoms with Gasteiger partial charge < -0.3 is 11.1 Å². The van der Waals surface area contributed by atoms with Crippen molar-refractivity contribution in [2.24, 2.45) is 11.7 Å². The number of nitrogens with two attached hydrogens (primary N) is 1.